The van der Waals surface area contributed by atoms with E-state index in [0.29, 0.717) is 22.2 Å². The summed E-state index contributed by atoms with van der Waals surface area (Å²) in [6, 6.07) is 5.61. The number of thiophene rings is 1. The van der Waals surface area contributed by atoms with E-state index in [0.717, 1.165) is 29.5 Å². The molecule has 0 bridgehead atoms. The first kappa shape index (κ1) is 20.0. The third kappa shape index (κ3) is 3.36. The molecule has 0 atom stereocenters. The highest BCUT2D eigenvalue weighted by Crippen LogP contribution is 2.44. The Labute approximate surface area is 169 Å². The van der Waals surface area contributed by atoms with E-state index in [1.54, 1.807) is 0 Å². The molecule has 0 spiro atoms. The molecule has 0 radical (unpaired) electrons. The minimum Gasteiger partial charge on any atom is -0.284 e. The van der Waals surface area contributed by atoms with Crippen LogP contribution >= 0.6 is 11.3 Å². The Morgan fingerprint density at radius 3 is 2.38 bits per heavy atom. The average Bonchev–Trinajstić information content (AvgIpc) is 3.19. The van der Waals surface area contributed by atoms with Gasteiger partial charge < -0.3 is 0 Å². The molecular formula is C20H16F3NO3S2. The van der Waals surface area contributed by atoms with E-state index in [1.165, 1.54) is 42.5 Å². The lowest BCUT2D eigenvalue weighted by molar-refractivity contribution is -0.0885. The van der Waals surface area contributed by atoms with Crippen molar-refractivity contribution in [3.63, 3.8) is 0 Å². The number of Topliss-reactive ketones (excluding diaryl/α,β-unsaturated/α-hetero) is 1. The molecule has 0 amide bonds. The molecule has 4 nitrogen and oxygen atoms in total. The van der Waals surface area contributed by atoms with Gasteiger partial charge in [-0.3, -0.25) is 4.79 Å². The zero-order chi connectivity index (χ0) is 21.1. The lowest BCUT2D eigenvalue weighted by Crippen LogP contribution is -2.25. The van der Waals surface area contributed by atoms with Crippen molar-refractivity contribution in [2.75, 3.05) is 6.26 Å². The molecule has 0 saturated carbocycles. The molecule has 2 heterocycles. The molecule has 29 heavy (non-hydrogen) atoms. The second-order valence-corrected chi connectivity index (χ2v) is 10.2. The summed E-state index contributed by atoms with van der Waals surface area (Å²) in [5.41, 5.74) is 1.05. The summed E-state index contributed by atoms with van der Waals surface area (Å²) in [6.07, 6.45) is -1.53. The van der Waals surface area contributed by atoms with E-state index in [1.807, 2.05) is 0 Å². The number of hydrogen-bond acceptors (Lipinski definition) is 5. The summed E-state index contributed by atoms with van der Waals surface area (Å²) in [6.45, 7) is 1.40. The Morgan fingerprint density at radius 2 is 1.79 bits per heavy atom. The van der Waals surface area contributed by atoms with Crippen molar-refractivity contribution < 1.29 is 26.4 Å². The third-order valence-electron chi connectivity index (χ3n) is 5.09. The topological polar surface area (TPSA) is 64.1 Å². The summed E-state index contributed by atoms with van der Waals surface area (Å²) >= 11 is 1.45. The number of pyridine rings is 1. The molecule has 4 rings (SSSR count). The van der Waals surface area contributed by atoms with Gasteiger partial charge in [-0.2, -0.15) is 13.2 Å². The molecule has 0 fully saturated rings. The van der Waals surface area contributed by atoms with Gasteiger partial charge in [-0.15, -0.1) is 11.3 Å². The fourth-order valence-corrected chi connectivity index (χ4v) is 5.77. The average molecular weight is 439 g/mol. The van der Waals surface area contributed by atoms with Crippen molar-refractivity contribution >= 4 is 37.2 Å². The van der Waals surface area contributed by atoms with Gasteiger partial charge in [0.1, 0.15) is 4.83 Å². The summed E-state index contributed by atoms with van der Waals surface area (Å²) in [5, 5.41) is 0.577. The van der Waals surface area contributed by atoms with Gasteiger partial charge in [-0.25, -0.2) is 13.4 Å². The first-order valence-electron chi connectivity index (χ1n) is 8.85. The summed E-state index contributed by atoms with van der Waals surface area (Å²) in [7, 11) is -3.46. The van der Waals surface area contributed by atoms with Crippen LogP contribution in [0.2, 0.25) is 0 Å². The molecule has 3 aromatic rings. The van der Waals surface area contributed by atoms with E-state index in [9.17, 15) is 26.4 Å². The zero-order valence-corrected chi connectivity index (χ0v) is 17.2. The number of nitrogens with zero attached hydrogens (tertiary/aromatic N) is 1. The second-order valence-electron chi connectivity index (χ2n) is 7.11. The van der Waals surface area contributed by atoms with Gasteiger partial charge >= 0.3 is 6.18 Å². The number of halogens is 3. The number of carbonyl (C=O) groups excluding carboxylic acids is 1. The molecule has 0 saturated heterocycles. The predicted molar refractivity (Wildman–Crippen MR) is 105 cm³/mol. The molecule has 152 valence electrons. The summed E-state index contributed by atoms with van der Waals surface area (Å²) in [4.78, 5) is 18.4. The fraction of sp³-hybridized carbons (Fsp3) is 0.300. The Bertz CT molecular complexity index is 1260. The Morgan fingerprint density at radius 1 is 1.14 bits per heavy atom. The van der Waals surface area contributed by atoms with Crippen LogP contribution in [0.3, 0.4) is 0 Å². The number of rotatable bonds is 3. The molecule has 1 aliphatic rings. The van der Waals surface area contributed by atoms with Gasteiger partial charge in [-0.1, -0.05) is 12.1 Å². The highest BCUT2D eigenvalue weighted by molar-refractivity contribution is 7.90. The number of fused-ring (bicyclic) bond motifs is 3. The highest BCUT2D eigenvalue weighted by atomic mass is 32.2. The van der Waals surface area contributed by atoms with Crippen molar-refractivity contribution in [1.29, 1.82) is 0 Å². The number of carbonyl (C=O) groups is 1. The van der Waals surface area contributed by atoms with Crippen molar-refractivity contribution in [2.45, 2.75) is 37.3 Å². The van der Waals surface area contributed by atoms with Crippen LogP contribution in [-0.4, -0.2) is 31.6 Å². The fourth-order valence-electron chi connectivity index (χ4n) is 3.82. The maximum absolute atomic E-state index is 13.4. The maximum atomic E-state index is 13.4. The van der Waals surface area contributed by atoms with Crippen molar-refractivity contribution in [3.05, 3.63) is 46.0 Å². The number of aryl methyl sites for hydroxylation is 3. The Hall–Kier alpha value is -2.26. The molecular weight excluding hydrogens is 423 g/mol. The summed E-state index contributed by atoms with van der Waals surface area (Å²) < 4.78 is 63.6. The monoisotopic (exact) mass is 439 g/mol. The van der Waals surface area contributed by atoms with Gasteiger partial charge in [0, 0.05) is 22.1 Å². The van der Waals surface area contributed by atoms with Crippen molar-refractivity contribution in [3.8, 4) is 11.1 Å². The van der Waals surface area contributed by atoms with Crippen LogP contribution in [0.25, 0.3) is 21.3 Å². The number of aromatic nitrogens is 1. The quantitative estimate of drug-likeness (QED) is 0.544. The van der Waals surface area contributed by atoms with Crippen LogP contribution in [0, 0.1) is 6.92 Å². The number of alkyl halides is 3. The zero-order valence-electron chi connectivity index (χ0n) is 15.6. The SMILES string of the molecule is Cc1nc2sc3c(c2c(-c2ccc(S(C)(=O)=O)cc2)c1C(=O)C(F)(F)F)CCC3. The number of sulfone groups is 1. The van der Waals surface area contributed by atoms with Gasteiger partial charge in [-0.05, 0) is 49.4 Å². The van der Waals surface area contributed by atoms with Crippen LogP contribution in [0.15, 0.2) is 29.2 Å². The maximum Gasteiger partial charge on any atom is 0.454 e. The van der Waals surface area contributed by atoms with Crippen molar-refractivity contribution in [2.24, 2.45) is 0 Å². The van der Waals surface area contributed by atoms with Gasteiger partial charge in [0.05, 0.1) is 16.2 Å². The lowest BCUT2D eigenvalue weighted by Gasteiger charge is -2.16. The minimum atomic E-state index is -5.04. The third-order valence-corrected chi connectivity index (χ3v) is 7.40. The minimum absolute atomic E-state index is 0.0157. The molecule has 1 aromatic carbocycles. The van der Waals surface area contributed by atoms with Crippen LogP contribution in [0.1, 0.15) is 32.9 Å². The molecule has 1 aliphatic carbocycles. The normalized spacial score (nSPS) is 14.4. The standard InChI is InChI=1S/C20H16F3NO3S2/c1-10-15(18(25)20(21,22)23)16(11-6-8-12(9-7-11)29(2,26)27)17-13-4-3-5-14(13)28-19(17)24-10/h6-9H,3-5H2,1-2H3. The van der Waals surface area contributed by atoms with Gasteiger partial charge in [0.15, 0.2) is 9.84 Å². The molecule has 0 unspecified atom stereocenters. The van der Waals surface area contributed by atoms with E-state index in [-0.39, 0.29) is 16.2 Å². The van der Waals surface area contributed by atoms with E-state index >= 15 is 0 Å². The van der Waals surface area contributed by atoms with Gasteiger partial charge in [0.25, 0.3) is 5.78 Å². The Balaban J connectivity index is 2.08. The van der Waals surface area contributed by atoms with E-state index < -0.39 is 27.4 Å². The van der Waals surface area contributed by atoms with Crippen LogP contribution in [0.5, 0.6) is 0 Å². The predicted octanol–water partition coefficient (Wildman–Crippen LogP) is 4.91. The second kappa shape index (κ2) is 6.63. The summed E-state index contributed by atoms with van der Waals surface area (Å²) in [5.74, 6) is -1.94. The number of hydrogen-bond donors (Lipinski definition) is 0. The van der Waals surface area contributed by atoms with Crippen LogP contribution in [-0.2, 0) is 22.7 Å². The first-order valence-corrected chi connectivity index (χ1v) is 11.6. The molecule has 9 heteroatoms. The molecule has 2 aromatic heterocycles. The van der Waals surface area contributed by atoms with Crippen LogP contribution < -0.4 is 0 Å². The van der Waals surface area contributed by atoms with E-state index in [2.05, 4.69) is 4.98 Å². The molecule has 0 aliphatic heterocycles. The van der Waals surface area contributed by atoms with Crippen molar-refractivity contribution in [1.82, 2.24) is 4.98 Å². The van der Waals surface area contributed by atoms with Gasteiger partial charge in [0.2, 0.25) is 0 Å². The Kier molecular flexibility index (Phi) is 4.58. The largest absolute Gasteiger partial charge is 0.454 e. The van der Waals surface area contributed by atoms with E-state index in [4.69, 9.17) is 0 Å². The first-order chi connectivity index (χ1) is 13.5. The smallest absolute Gasteiger partial charge is 0.284 e. The number of benzene rings is 1. The highest BCUT2D eigenvalue weighted by Gasteiger charge is 2.42. The number of ketones is 1. The lowest BCUT2D eigenvalue weighted by atomic mass is 9.91. The van der Waals surface area contributed by atoms with Crippen LogP contribution in [0.4, 0.5) is 13.2 Å². The molecule has 0 N–H and O–H groups in total.